The van der Waals surface area contributed by atoms with Crippen molar-refractivity contribution in [2.45, 2.75) is 0 Å². The van der Waals surface area contributed by atoms with Crippen molar-refractivity contribution in [1.82, 2.24) is 5.43 Å². The van der Waals surface area contributed by atoms with Crippen molar-refractivity contribution in [1.29, 1.82) is 0 Å². The van der Waals surface area contributed by atoms with Crippen molar-refractivity contribution in [3.8, 4) is 17.2 Å². The Kier molecular flexibility index (Phi) is 5.99. The molecule has 120 valence electrons. The summed E-state index contributed by atoms with van der Waals surface area (Å²) in [5.74, 6) is 0.919. The van der Waals surface area contributed by atoms with E-state index in [0.717, 1.165) is 4.47 Å². The van der Waals surface area contributed by atoms with Gasteiger partial charge in [0.05, 0.1) is 13.3 Å². The van der Waals surface area contributed by atoms with Gasteiger partial charge in [0.1, 0.15) is 17.2 Å². The molecule has 23 heavy (non-hydrogen) atoms. The van der Waals surface area contributed by atoms with Crippen LogP contribution in [0.15, 0.2) is 52.0 Å². The Morgan fingerprint density at radius 1 is 1.26 bits per heavy atom. The van der Waals surface area contributed by atoms with Crippen molar-refractivity contribution in [2.75, 3.05) is 13.7 Å². The predicted octanol–water partition coefficient (Wildman–Crippen LogP) is 2.69. The fourth-order valence-corrected chi connectivity index (χ4v) is 2.03. The maximum absolute atomic E-state index is 11.6. The minimum absolute atomic E-state index is 0.0701. The Morgan fingerprint density at radius 2 is 1.96 bits per heavy atom. The van der Waals surface area contributed by atoms with E-state index in [0.29, 0.717) is 17.1 Å². The van der Waals surface area contributed by atoms with E-state index in [1.165, 1.54) is 12.3 Å². The van der Waals surface area contributed by atoms with Gasteiger partial charge in [-0.1, -0.05) is 15.9 Å². The van der Waals surface area contributed by atoms with Gasteiger partial charge in [-0.05, 0) is 42.5 Å². The molecule has 0 heterocycles. The smallest absolute Gasteiger partial charge is 0.277 e. The van der Waals surface area contributed by atoms with Crippen molar-refractivity contribution in [2.24, 2.45) is 5.10 Å². The number of ether oxygens (including phenoxy) is 2. The first-order chi connectivity index (χ1) is 11.1. The Morgan fingerprint density at radius 3 is 2.65 bits per heavy atom. The zero-order valence-electron chi connectivity index (χ0n) is 12.3. The first-order valence-electron chi connectivity index (χ1n) is 6.66. The number of nitrogens with one attached hydrogen (secondary N) is 1. The van der Waals surface area contributed by atoms with Crippen LogP contribution in [0.5, 0.6) is 17.2 Å². The monoisotopic (exact) mass is 378 g/mol. The number of aromatic hydroxyl groups is 1. The van der Waals surface area contributed by atoms with E-state index in [1.54, 1.807) is 43.5 Å². The predicted molar refractivity (Wildman–Crippen MR) is 90.0 cm³/mol. The third-order valence-corrected chi connectivity index (χ3v) is 3.31. The summed E-state index contributed by atoms with van der Waals surface area (Å²) in [4.78, 5) is 11.6. The highest BCUT2D eigenvalue weighted by Crippen LogP contribution is 2.20. The molecule has 0 saturated carbocycles. The highest BCUT2D eigenvalue weighted by atomic mass is 79.9. The van der Waals surface area contributed by atoms with Gasteiger partial charge in [0.2, 0.25) is 0 Å². The number of hydrazone groups is 1. The van der Waals surface area contributed by atoms with Crippen molar-refractivity contribution in [3.05, 3.63) is 52.5 Å². The number of carbonyl (C=O) groups excluding carboxylic acids is 1. The Balaban J connectivity index is 1.82. The largest absolute Gasteiger partial charge is 0.507 e. The minimum atomic E-state index is -0.411. The van der Waals surface area contributed by atoms with Gasteiger partial charge in [0, 0.05) is 10.0 Å². The summed E-state index contributed by atoms with van der Waals surface area (Å²) in [7, 11) is 1.57. The zero-order chi connectivity index (χ0) is 16.7. The van der Waals surface area contributed by atoms with E-state index in [2.05, 4.69) is 26.5 Å². The summed E-state index contributed by atoms with van der Waals surface area (Å²) >= 11 is 3.29. The van der Waals surface area contributed by atoms with Crippen molar-refractivity contribution in [3.63, 3.8) is 0 Å². The molecule has 0 atom stereocenters. The number of hydrogen-bond donors (Lipinski definition) is 2. The molecule has 0 spiro atoms. The quantitative estimate of drug-likeness (QED) is 0.598. The summed E-state index contributed by atoms with van der Waals surface area (Å²) < 4.78 is 11.1. The summed E-state index contributed by atoms with van der Waals surface area (Å²) in [6.45, 7) is -0.172. The van der Waals surface area contributed by atoms with Crippen molar-refractivity contribution < 1.29 is 19.4 Å². The molecular formula is C16H15BrN2O4. The molecule has 2 aromatic rings. The molecule has 0 aliphatic heterocycles. The number of rotatable bonds is 6. The van der Waals surface area contributed by atoms with Crippen LogP contribution in [0.3, 0.4) is 0 Å². The number of amides is 1. The molecule has 2 aromatic carbocycles. The Labute approximate surface area is 141 Å². The van der Waals surface area contributed by atoms with Gasteiger partial charge in [-0.2, -0.15) is 5.10 Å². The number of hydrogen-bond acceptors (Lipinski definition) is 5. The Hall–Kier alpha value is -2.54. The molecule has 7 heteroatoms. The normalized spacial score (nSPS) is 10.5. The molecule has 0 aliphatic rings. The number of phenolic OH excluding ortho intramolecular Hbond substituents is 1. The van der Waals surface area contributed by atoms with Gasteiger partial charge in [-0.25, -0.2) is 5.43 Å². The van der Waals surface area contributed by atoms with E-state index < -0.39 is 5.91 Å². The lowest BCUT2D eigenvalue weighted by Gasteiger charge is -2.06. The van der Waals surface area contributed by atoms with Crippen LogP contribution >= 0.6 is 15.9 Å². The third-order valence-electron chi connectivity index (χ3n) is 2.81. The standard InChI is InChI=1S/C16H15BrN2O4/c1-22-13-3-5-14(6-4-13)23-10-16(21)19-18-9-11-8-12(17)2-7-15(11)20/h2-9,20H,10H2,1H3,(H,19,21)/b18-9+. The third kappa shape index (κ3) is 5.30. The molecule has 0 aliphatic carbocycles. The Bertz CT molecular complexity index is 702. The first-order valence-corrected chi connectivity index (χ1v) is 7.45. The molecule has 2 rings (SSSR count). The molecule has 0 aromatic heterocycles. The van der Waals surface area contributed by atoms with Gasteiger partial charge < -0.3 is 14.6 Å². The van der Waals surface area contributed by atoms with Gasteiger partial charge in [0.15, 0.2) is 6.61 Å². The van der Waals surface area contributed by atoms with Gasteiger partial charge in [0.25, 0.3) is 5.91 Å². The van der Waals surface area contributed by atoms with E-state index in [1.807, 2.05) is 0 Å². The minimum Gasteiger partial charge on any atom is -0.507 e. The number of nitrogens with zero attached hydrogens (tertiary/aromatic N) is 1. The van der Waals surface area contributed by atoms with Crippen LogP contribution < -0.4 is 14.9 Å². The van der Waals surface area contributed by atoms with Gasteiger partial charge in [-0.3, -0.25) is 4.79 Å². The number of benzene rings is 2. The fraction of sp³-hybridized carbons (Fsp3) is 0.125. The van der Waals surface area contributed by atoms with Crippen LogP contribution in [0, 0.1) is 0 Å². The van der Waals surface area contributed by atoms with Crippen LogP contribution in [-0.2, 0) is 4.79 Å². The van der Waals surface area contributed by atoms with Crippen LogP contribution in [0.4, 0.5) is 0 Å². The van der Waals surface area contributed by atoms with Crippen LogP contribution in [0.25, 0.3) is 0 Å². The summed E-state index contributed by atoms with van der Waals surface area (Å²) in [5, 5.41) is 13.4. The average molecular weight is 379 g/mol. The van der Waals surface area contributed by atoms with Gasteiger partial charge >= 0.3 is 0 Å². The second-order valence-corrected chi connectivity index (χ2v) is 5.38. The molecule has 0 fully saturated rings. The van der Waals surface area contributed by atoms with Crippen LogP contribution in [0.1, 0.15) is 5.56 Å². The van der Waals surface area contributed by atoms with E-state index in [9.17, 15) is 9.90 Å². The number of methoxy groups -OCH3 is 1. The molecule has 1 amide bonds. The molecule has 0 saturated heterocycles. The zero-order valence-corrected chi connectivity index (χ0v) is 13.9. The second kappa shape index (κ2) is 8.19. The fourth-order valence-electron chi connectivity index (χ4n) is 1.66. The number of carbonyl (C=O) groups is 1. The summed E-state index contributed by atoms with van der Waals surface area (Å²) in [5.41, 5.74) is 2.81. The molecular weight excluding hydrogens is 364 g/mol. The number of phenols is 1. The van der Waals surface area contributed by atoms with E-state index >= 15 is 0 Å². The average Bonchev–Trinajstić information content (AvgIpc) is 2.56. The van der Waals surface area contributed by atoms with Crippen molar-refractivity contribution >= 4 is 28.1 Å². The lowest BCUT2D eigenvalue weighted by Crippen LogP contribution is -2.24. The molecule has 6 nitrogen and oxygen atoms in total. The SMILES string of the molecule is COc1ccc(OCC(=O)N/N=C/c2cc(Br)ccc2O)cc1. The molecule has 0 bridgehead atoms. The van der Waals surface area contributed by atoms with Gasteiger partial charge in [-0.15, -0.1) is 0 Å². The topological polar surface area (TPSA) is 80.2 Å². The van der Waals surface area contributed by atoms with Crippen LogP contribution in [0.2, 0.25) is 0 Å². The number of halogens is 1. The van der Waals surface area contributed by atoms with Crippen LogP contribution in [-0.4, -0.2) is 30.9 Å². The highest BCUT2D eigenvalue weighted by molar-refractivity contribution is 9.10. The summed E-state index contributed by atoms with van der Waals surface area (Å²) in [6, 6.07) is 11.8. The highest BCUT2D eigenvalue weighted by Gasteiger charge is 2.03. The second-order valence-electron chi connectivity index (χ2n) is 4.46. The maximum atomic E-state index is 11.6. The maximum Gasteiger partial charge on any atom is 0.277 e. The summed E-state index contributed by atoms with van der Waals surface area (Å²) in [6.07, 6.45) is 1.35. The first kappa shape index (κ1) is 16.8. The molecule has 2 N–H and O–H groups in total. The van der Waals surface area contributed by atoms with E-state index in [-0.39, 0.29) is 12.4 Å². The lowest BCUT2D eigenvalue weighted by atomic mass is 10.2. The molecule has 0 radical (unpaired) electrons. The lowest BCUT2D eigenvalue weighted by molar-refractivity contribution is -0.123. The molecule has 0 unspecified atom stereocenters. The van der Waals surface area contributed by atoms with E-state index in [4.69, 9.17) is 9.47 Å².